The summed E-state index contributed by atoms with van der Waals surface area (Å²) in [7, 11) is -8.17. The summed E-state index contributed by atoms with van der Waals surface area (Å²) in [5.41, 5.74) is -1.01. The van der Waals surface area contributed by atoms with Crippen molar-refractivity contribution >= 4 is 31.0 Å². The molecule has 31 heavy (non-hydrogen) atoms. The minimum atomic E-state index is -4.09. The highest BCUT2D eigenvalue weighted by Gasteiger charge is 2.28. The number of sulfone groups is 2. The zero-order valence-electron chi connectivity index (χ0n) is 16.0. The molecule has 8 nitrogen and oxygen atoms in total. The van der Waals surface area contributed by atoms with Gasteiger partial charge in [-0.1, -0.05) is 36.4 Å². The third-order valence-corrected chi connectivity index (χ3v) is 7.62. The summed E-state index contributed by atoms with van der Waals surface area (Å²) < 4.78 is 66.1. The van der Waals surface area contributed by atoms with Gasteiger partial charge in [0.1, 0.15) is 17.6 Å². The lowest BCUT2D eigenvalue weighted by Gasteiger charge is -2.25. The third kappa shape index (κ3) is 5.25. The quantitative estimate of drug-likeness (QED) is 0.371. The van der Waals surface area contributed by atoms with Crippen molar-refractivity contribution in [2.24, 2.45) is 0 Å². The molecule has 3 aromatic rings. The standard InChI is InChI=1S/C20H17FN2O6S2/c21-19-12-11-16(23(24)25)13-20(19)22(14-30(26,27)17-7-3-1-4-8-17)15-31(28,29)18-9-5-2-6-10-18/h1-13H,14-15H2. The predicted octanol–water partition coefficient (Wildman–Crippen LogP) is 3.40. The molecule has 0 aliphatic carbocycles. The molecule has 0 bridgehead atoms. The Balaban J connectivity index is 2.09. The number of benzene rings is 3. The Labute approximate surface area is 178 Å². The lowest BCUT2D eigenvalue weighted by molar-refractivity contribution is -0.384. The monoisotopic (exact) mass is 464 g/mol. The first kappa shape index (κ1) is 22.4. The Bertz CT molecular complexity index is 1230. The van der Waals surface area contributed by atoms with Gasteiger partial charge in [-0.25, -0.2) is 21.2 Å². The van der Waals surface area contributed by atoms with E-state index in [2.05, 4.69) is 0 Å². The number of nitrogens with zero attached hydrogens (tertiary/aromatic N) is 2. The van der Waals surface area contributed by atoms with E-state index in [0.717, 1.165) is 23.1 Å². The number of non-ortho nitro benzene ring substituents is 1. The van der Waals surface area contributed by atoms with Crippen molar-refractivity contribution < 1.29 is 26.1 Å². The van der Waals surface area contributed by atoms with Crippen molar-refractivity contribution in [2.45, 2.75) is 9.79 Å². The van der Waals surface area contributed by atoms with E-state index in [4.69, 9.17) is 0 Å². The van der Waals surface area contributed by atoms with E-state index in [0.29, 0.717) is 0 Å². The Hall–Kier alpha value is -3.31. The van der Waals surface area contributed by atoms with Crippen LogP contribution in [0, 0.1) is 15.9 Å². The van der Waals surface area contributed by atoms with Crippen LogP contribution in [-0.2, 0) is 19.7 Å². The molecule has 0 saturated heterocycles. The van der Waals surface area contributed by atoms with E-state index in [-0.39, 0.29) is 9.79 Å². The Kier molecular flexibility index (Phi) is 6.37. The van der Waals surface area contributed by atoms with Crippen LogP contribution in [0.1, 0.15) is 0 Å². The number of nitro groups is 1. The van der Waals surface area contributed by atoms with E-state index >= 15 is 0 Å². The highest BCUT2D eigenvalue weighted by atomic mass is 32.2. The van der Waals surface area contributed by atoms with E-state index in [9.17, 15) is 31.3 Å². The predicted molar refractivity (Wildman–Crippen MR) is 113 cm³/mol. The van der Waals surface area contributed by atoms with Gasteiger partial charge in [0, 0.05) is 12.1 Å². The van der Waals surface area contributed by atoms with Gasteiger partial charge in [-0.15, -0.1) is 0 Å². The molecule has 0 N–H and O–H groups in total. The van der Waals surface area contributed by atoms with Crippen molar-refractivity contribution in [2.75, 3.05) is 16.7 Å². The lowest BCUT2D eigenvalue weighted by Crippen LogP contribution is -2.35. The van der Waals surface area contributed by atoms with Crippen LogP contribution in [0.2, 0.25) is 0 Å². The number of rotatable bonds is 8. The van der Waals surface area contributed by atoms with E-state index < -0.39 is 53.5 Å². The number of nitro benzene ring substituents is 1. The normalized spacial score (nSPS) is 11.8. The maximum Gasteiger partial charge on any atom is 0.271 e. The molecule has 11 heteroatoms. The molecule has 0 amide bonds. The maximum atomic E-state index is 14.6. The molecule has 3 rings (SSSR count). The molecule has 0 spiro atoms. The van der Waals surface area contributed by atoms with Gasteiger partial charge in [0.25, 0.3) is 5.69 Å². The molecule has 0 heterocycles. The van der Waals surface area contributed by atoms with E-state index in [1.165, 1.54) is 48.5 Å². The van der Waals surface area contributed by atoms with Crippen LogP contribution in [-0.4, -0.2) is 33.5 Å². The van der Waals surface area contributed by atoms with Crippen molar-refractivity contribution in [1.29, 1.82) is 0 Å². The fraction of sp³-hybridized carbons (Fsp3) is 0.100. The van der Waals surface area contributed by atoms with Gasteiger partial charge < -0.3 is 4.90 Å². The molecule has 3 aromatic carbocycles. The van der Waals surface area contributed by atoms with Gasteiger partial charge in [0.05, 0.1) is 20.4 Å². The minimum Gasteiger partial charge on any atom is -0.340 e. The molecule has 0 unspecified atom stereocenters. The number of hydrogen-bond donors (Lipinski definition) is 0. The molecule has 0 aliphatic heterocycles. The molecule has 0 radical (unpaired) electrons. The summed E-state index contributed by atoms with van der Waals surface area (Å²) in [6.45, 7) is 0. The largest absolute Gasteiger partial charge is 0.340 e. The Morgan fingerprint density at radius 3 is 1.65 bits per heavy atom. The molecule has 0 aromatic heterocycles. The van der Waals surface area contributed by atoms with Crippen LogP contribution in [0.15, 0.2) is 88.7 Å². The van der Waals surface area contributed by atoms with Crippen molar-refractivity contribution in [3.8, 4) is 0 Å². The number of anilines is 1. The molecule has 0 atom stereocenters. The number of halogens is 1. The van der Waals surface area contributed by atoms with Crippen LogP contribution in [0.25, 0.3) is 0 Å². The van der Waals surface area contributed by atoms with Crippen LogP contribution in [0.5, 0.6) is 0 Å². The van der Waals surface area contributed by atoms with Crippen LogP contribution in [0.3, 0.4) is 0 Å². The Morgan fingerprint density at radius 1 is 0.774 bits per heavy atom. The van der Waals surface area contributed by atoms with Gasteiger partial charge in [-0.3, -0.25) is 10.1 Å². The maximum absolute atomic E-state index is 14.6. The summed E-state index contributed by atoms with van der Waals surface area (Å²) in [6.07, 6.45) is 0. The van der Waals surface area contributed by atoms with Crippen LogP contribution >= 0.6 is 0 Å². The Morgan fingerprint density at radius 2 is 1.23 bits per heavy atom. The van der Waals surface area contributed by atoms with Gasteiger partial charge in [-0.05, 0) is 30.3 Å². The second kappa shape index (κ2) is 8.82. The second-order valence-corrected chi connectivity index (χ2v) is 10.5. The molecule has 0 aliphatic rings. The molecule has 162 valence electrons. The molecule has 0 fully saturated rings. The highest BCUT2D eigenvalue weighted by molar-refractivity contribution is 7.92. The summed E-state index contributed by atoms with van der Waals surface area (Å²) in [4.78, 5) is 10.9. The molecular formula is C20H17FN2O6S2. The highest BCUT2D eigenvalue weighted by Crippen LogP contribution is 2.28. The second-order valence-electron chi connectivity index (χ2n) is 6.55. The van der Waals surface area contributed by atoms with Crippen molar-refractivity contribution in [3.63, 3.8) is 0 Å². The smallest absolute Gasteiger partial charge is 0.271 e. The average Bonchev–Trinajstić information content (AvgIpc) is 2.74. The van der Waals surface area contributed by atoms with Gasteiger partial charge in [-0.2, -0.15) is 0 Å². The minimum absolute atomic E-state index is 0.0945. The number of hydrogen-bond acceptors (Lipinski definition) is 7. The fourth-order valence-corrected chi connectivity index (χ4v) is 5.69. The summed E-state index contributed by atoms with van der Waals surface area (Å²) >= 11 is 0. The third-order valence-electron chi connectivity index (χ3n) is 4.34. The topological polar surface area (TPSA) is 115 Å². The van der Waals surface area contributed by atoms with E-state index in [1.54, 1.807) is 12.1 Å². The van der Waals surface area contributed by atoms with E-state index in [1.807, 2.05) is 0 Å². The lowest BCUT2D eigenvalue weighted by atomic mass is 10.2. The fourth-order valence-electron chi connectivity index (χ4n) is 2.85. The van der Waals surface area contributed by atoms with Gasteiger partial charge in [0.15, 0.2) is 19.7 Å². The van der Waals surface area contributed by atoms with Crippen molar-refractivity contribution in [3.05, 3.63) is 94.8 Å². The average molecular weight is 464 g/mol. The van der Waals surface area contributed by atoms with Gasteiger partial charge >= 0.3 is 0 Å². The van der Waals surface area contributed by atoms with Crippen LogP contribution in [0.4, 0.5) is 15.8 Å². The zero-order chi connectivity index (χ0) is 22.6. The SMILES string of the molecule is O=[N+]([O-])c1ccc(F)c(N(CS(=O)(=O)c2ccccc2)CS(=O)(=O)c2ccccc2)c1. The van der Waals surface area contributed by atoms with Crippen molar-refractivity contribution in [1.82, 2.24) is 0 Å². The first-order valence-corrected chi connectivity index (χ1v) is 12.1. The first-order valence-electron chi connectivity index (χ1n) is 8.85. The van der Waals surface area contributed by atoms with Crippen LogP contribution < -0.4 is 4.90 Å². The summed E-state index contributed by atoms with van der Waals surface area (Å²) in [6, 6.07) is 17.0. The molecule has 0 saturated carbocycles. The first-order chi connectivity index (χ1) is 14.6. The molecular weight excluding hydrogens is 447 g/mol. The summed E-state index contributed by atoms with van der Waals surface area (Å²) in [5.74, 6) is -2.79. The van der Waals surface area contributed by atoms with Gasteiger partial charge in [0.2, 0.25) is 0 Å². The summed E-state index contributed by atoms with van der Waals surface area (Å²) in [5, 5.41) is 11.1. The zero-order valence-corrected chi connectivity index (χ0v) is 17.6.